The van der Waals surface area contributed by atoms with Gasteiger partial charge in [0.15, 0.2) is 10.2 Å². The third-order valence-electron chi connectivity index (χ3n) is 4.75. The number of carbonyl (C=O) groups is 2. The van der Waals surface area contributed by atoms with Gasteiger partial charge < -0.3 is 19.6 Å². The molecule has 1 saturated heterocycles. The molecule has 3 heterocycles. The standard InChI is InChI=1S/C20H22N6O3S2/c1-13-3-5-15(6-4-13)18(28)25-7-9-26(10-8-25)19-22-23-20(31-19)30-12-17(27)21-16-11-14(2)29-24-16/h3-6,11H,7-10,12H2,1-2H3,(H,21,24,27). The Labute approximate surface area is 187 Å². The molecule has 0 radical (unpaired) electrons. The summed E-state index contributed by atoms with van der Waals surface area (Å²) in [7, 11) is 0. The monoisotopic (exact) mass is 458 g/mol. The fraction of sp³-hybridized carbons (Fsp3) is 0.350. The van der Waals surface area contributed by atoms with Crippen molar-refractivity contribution in [1.82, 2.24) is 20.3 Å². The topological polar surface area (TPSA) is 104 Å². The molecule has 3 aromatic rings. The Bertz CT molecular complexity index is 1060. The van der Waals surface area contributed by atoms with Gasteiger partial charge in [-0.3, -0.25) is 9.59 Å². The highest BCUT2D eigenvalue weighted by atomic mass is 32.2. The second-order valence-corrected chi connectivity index (χ2v) is 9.33. The van der Waals surface area contributed by atoms with Gasteiger partial charge in [-0.15, -0.1) is 10.2 Å². The predicted octanol–water partition coefficient (Wildman–Crippen LogP) is 2.84. The molecular formula is C20H22N6O3S2. The van der Waals surface area contributed by atoms with Crippen molar-refractivity contribution in [2.24, 2.45) is 0 Å². The van der Waals surface area contributed by atoms with E-state index >= 15 is 0 Å². The van der Waals surface area contributed by atoms with E-state index in [9.17, 15) is 9.59 Å². The van der Waals surface area contributed by atoms with Crippen molar-refractivity contribution in [3.8, 4) is 0 Å². The maximum atomic E-state index is 12.7. The predicted molar refractivity (Wildman–Crippen MR) is 120 cm³/mol. The van der Waals surface area contributed by atoms with Crippen LogP contribution in [0.2, 0.25) is 0 Å². The third kappa shape index (κ3) is 5.42. The van der Waals surface area contributed by atoms with Gasteiger partial charge in [0.25, 0.3) is 5.91 Å². The van der Waals surface area contributed by atoms with Gasteiger partial charge in [0.1, 0.15) is 5.76 Å². The van der Waals surface area contributed by atoms with Crippen LogP contribution in [0, 0.1) is 13.8 Å². The van der Waals surface area contributed by atoms with E-state index in [-0.39, 0.29) is 17.6 Å². The number of hydrogen-bond donors (Lipinski definition) is 1. The number of aryl methyl sites for hydroxylation is 2. The fourth-order valence-electron chi connectivity index (χ4n) is 3.10. The summed E-state index contributed by atoms with van der Waals surface area (Å²) in [6.45, 7) is 6.43. The lowest BCUT2D eigenvalue weighted by atomic mass is 10.1. The van der Waals surface area contributed by atoms with Gasteiger partial charge in [-0.2, -0.15) is 0 Å². The van der Waals surface area contributed by atoms with Crippen molar-refractivity contribution in [3.63, 3.8) is 0 Å². The zero-order valence-electron chi connectivity index (χ0n) is 17.2. The first-order chi connectivity index (χ1) is 15.0. The van der Waals surface area contributed by atoms with Gasteiger partial charge >= 0.3 is 0 Å². The largest absolute Gasteiger partial charge is 0.360 e. The highest BCUT2D eigenvalue weighted by Gasteiger charge is 2.24. The van der Waals surface area contributed by atoms with Gasteiger partial charge in [-0.05, 0) is 26.0 Å². The molecule has 2 amide bonds. The van der Waals surface area contributed by atoms with Crippen molar-refractivity contribution in [2.75, 3.05) is 42.1 Å². The highest BCUT2D eigenvalue weighted by Crippen LogP contribution is 2.29. The lowest BCUT2D eigenvalue weighted by Crippen LogP contribution is -2.48. The number of benzene rings is 1. The summed E-state index contributed by atoms with van der Waals surface area (Å²) in [4.78, 5) is 28.7. The van der Waals surface area contributed by atoms with Crippen molar-refractivity contribution in [2.45, 2.75) is 18.2 Å². The first kappa shape index (κ1) is 21.3. The molecule has 2 aromatic heterocycles. The molecule has 1 aliphatic rings. The molecule has 9 nitrogen and oxygen atoms in total. The number of rotatable bonds is 6. The normalized spacial score (nSPS) is 14.0. The van der Waals surface area contributed by atoms with E-state index in [1.165, 1.54) is 23.1 Å². The number of amides is 2. The second-order valence-electron chi connectivity index (χ2n) is 7.16. The first-order valence-corrected chi connectivity index (χ1v) is 11.6. The lowest BCUT2D eigenvalue weighted by Gasteiger charge is -2.34. The number of anilines is 2. The molecule has 0 aliphatic carbocycles. The van der Waals surface area contributed by atoms with Crippen molar-refractivity contribution in [1.29, 1.82) is 0 Å². The molecule has 1 aromatic carbocycles. The van der Waals surface area contributed by atoms with E-state index in [4.69, 9.17) is 4.52 Å². The summed E-state index contributed by atoms with van der Waals surface area (Å²) >= 11 is 2.78. The smallest absolute Gasteiger partial charge is 0.253 e. The zero-order valence-corrected chi connectivity index (χ0v) is 18.8. The van der Waals surface area contributed by atoms with Crippen LogP contribution < -0.4 is 10.2 Å². The van der Waals surface area contributed by atoms with Gasteiger partial charge in [0.05, 0.1) is 5.75 Å². The van der Waals surface area contributed by atoms with Crippen LogP contribution in [-0.2, 0) is 4.79 Å². The molecule has 0 saturated carbocycles. The molecule has 1 N–H and O–H groups in total. The van der Waals surface area contributed by atoms with Crippen LogP contribution in [0.3, 0.4) is 0 Å². The average molecular weight is 459 g/mol. The summed E-state index contributed by atoms with van der Waals surface area (Å²) < 4.78 is 5.65. The molecule has 0 spiro atoms. The highest BCUT2D eigenvalue weighted by molar-refractivity contribution is 8.01. The molecule has 31 heavy (non-hydrogen) atoms. The van der Waals surface area contributed by atoms with Crippen LogP contribution in [0.15, 0.2) is 39.2 Å². The molecule has 11 heteroatoms. The van der Waals surface area contributed by atoms with Gasteiger partial charge in [0.2, 0.25) is 11.0 Å². The number of thioether (sulfide) groups is 1. The summed E-state index contributed by atoms with van der Waals surface area (Å²) in [6, 6.07) is 9.32. The number of nitrogens with zero attached hydrogens (tertiary/aromatic N) is 5. The minimum absolute atomic E-state index is 0.0569. The summed E-state index contributed by atoms with van der Waals surface area (Å²) in [5, 5.41) is 15.7. The summed E-state index contributed by atoms with van der Waals surface area (Å²) in [6.07, 6.45) is 0. The van der Waals surface area contributed by atoms with Gasteiger partial charge in [-0.1, -0.05) is 46.0 Å². The molecule has 0 bridgehead atoms. The van der Waals surface area contributed by atoms with Crippen LogP contribution >= 0.6 is 23.1 Å². The van der Waals surface area contributed by atoms with Crippen LogP contribution in [0.25, 0.3) is 0 Å². The SMILES string of the molecule is Cc1ccc(C(=O)N2CCN(c3nnc(SCC(=O)Nc4cc(C)on4)s3)CC2)cc1. The second kappa shape index (κ2) is 9.48. The van der Waals surface area contributed by atoms with Crippen molar-refractivity contribution >= 4 is 45.9 Å². The van der Waals surface area contributed by atoms with E-state index in [2.05, 4.69) is 25.6 Å². The maximum absolute atomic E-state index is 12.7. The van der Waals surface area contributed by atoms with E-state index in [0.29, 0.717) is 43.3 Å². The Kier molecular flexibility index (Phi) is 6.52. The Morgan fingerprint density at radius 2 is 1.87 bits per heavy atom. The fourth-order valence-corrected chi connectivity index (χ4v) is 4.79. The first-order valence-electron chi connectivity index (χ1n) is 9.78. The Morgan fingerprint density at radius 1 is 1.13 bits per heavy atom. The molecule has 1 fully saturated rings. The van der Waals surface area contributed by atoms with E-state index in [0.717, 1.165) is 15.0 Å². The molecule has 162 valence electrons. The number of piperazine rings is 1. The van der Waals surface area contributed by atoms with Crippen LogP contribution in [0.1, 0.15) is 21.7 Å². The number of hydrogen-bond acceptors (Lipinski definition) is 9. The van der Waals surface area contributed by atoms with Crippen molar-refractivity contribution in [3.05, 3.63) is 47.2 Å². The summed E-state index contributed by atoms with van der Waals surface area (Å²) in [5.41, 5.74) is 1.85. The molecule has 0 atom stereocenters. The van der Waals surface area contributed by atoms with Crippen LogP contribution in [0.4, 0.5) is 10.9 Å². The molecule has 0 unspecified atom stereocenters. The van der Waals surface area contributed by atoms with Gasteiger partial charge in [-0.25, -0.2) is 0 Å². The minimum atomic E-state index is -0.182. The van der Waals surface area contributed by atoms with E-state index in [1.807, 2.05) is 36.1 Å². The third-order valence-corrected chi connectivity index (χ3v) is 6.87. The Morgan fingerprint density at radius 3 is 2.55 bits per heavy atom. The molecular weight excluding hydrogens is 436 g/mol. The Balaban J connectivity index is 1.25. The maximum Gasteiger partial charge on any atom is 0.253 e. The van der Waals surface area contributed by atoms with Crippen molar-refractivity contribution < 1.29 is 14.1 Å². The quantitative estimate of drug-likeness (QED) is 0.563. The van der Waals surface area contributed by atoms with Crippen LogP contribution in [-0.4, -0.2) is 64.0 Å². The zero-order chi connectivity index (χ0) is 21.8. The van der Waals surface area contributed by atoms with Crippen LogP contribution in [0.5, 0.6) is 0 Å². The molecule has 1 aliphatic heterocycles. The summed E-state index contributed by atoms with van der Waals surface area (Å²) in [5.74, 6) is 1.12. The molecule has 4 rings (SSSR count). The van der Waals surface area contributed by atoms with E-state index < -0.39 is 0 Å². The number of nitrogens with one attached hydrogen (secondary N) is 1. The number of carbonyl (C=O) groups excluding carboxylic acids is 2. The number of aromatic nitrogens is 3. The Hall–Kier alpha value is -2.92. The lowest BCUT2D eigenvalue weighted by molar-refractivity contribution is -0.113. The minimum Gasteiger partial charge on any atom is -0.360 e. The average Bonchev–Trinajstić information content (AvgIpc) is 3.41. The van der Waals surface area contributed by atoms with Gasteiger partial charge in [0, 0.05) is 37.8 Å². The van der Waals surface area contributed by atoms with E-state index in [1.54, 1.807) is 13.0 Å².